The molecule has 2 rings (SSSR count). The van der Waals surface area contributed by atoms with Gasteiger partial charge in [0.25, 0.3) is 0 Å². The molecule has 3 N–H and O–H groups in total. The van der Waals surface area contributed by atoms with Crippen molar-refractivity contribution in [2.75, 3.05) is 26.2 Å². The van der Waals surface area contributed by atoms with Gasteiger partial charge in [-0.3, -0.25) is 0 Å². The number of aromatic amines is 1. The molecule has 3 nitrogen and oxygen atoms in total. The molecule has 0 amide bonds. The van der Waals surface area contributed by atoms with Gasteiger partial charge >= 0.3 is 0 Å². The van der Waals surface area contributed by atoms with E-state index in [-0.39, 0.29) is 0 Å². The van der Waals surface area contributed by atoms with Gasteiger partial charge in [0.1, 0.15) is 32.7 Å². The fraction of sp³-hybridized carbons (Fsp3) is 0.615. The van der Waals surface area contributed by atoms with Crippen LogP contribution in [0.25, 0.3) is 0 Å². The van der Waals surface area contributed by atoms with Gasteiger partial charge in [-0.2, -0.15) is 0 Å². The van der Waals surface area contributed by atoms with Crippen molar-refractivity contribution in [2.24, 2.45) is 0 Å². The Morgan fingerprint density at radius 2 is 2.00 bits per heavy atom. The first-order valence-electron chi connectivity index (χ1n) is 6.39. The van der Waals surface area contributed by atoms with Gasteiger partial charge in [-0.15, -0.1) is 0 Å². The SMILES string of the molecule is CC(C)[NH+]1CC[NH+](Cc2ccc[nH+]c2)CC1. The maximum absolute atomic E-state index is 3.16. The van der Waals surface area contributed by atoms with Gasteiger partial charge in [-0.05, 0) is 19.9 Å². The maximum Gasteiger partial charge on any atom is 0.175 e. The molecule has 2 heterocycles. The average Bonchev–Trinajstić information content (AvgIpc) is 2.31. The van der Waals surface area contributed by atoms with Crippen LogP contribution in [0, 0.1) is 0 Å². The van der Waals surface area contributed by atoms with Crippen LogP contribution in [-0.4, -0.2) is 32.2 Å². The van der Waals surface area contributed by atoms with Gasteiger partial charge < -0.3 is 9.80 Å². The van der Waals surface area contributed by atoms with E-state index in [1.807, 2.05) is 6.20 Å². The van der Waals surface area contributed by atoms with Gasteiger partial charge in [-0.25, -0.2) is 4.98 Å². The van der Waals surface area contributed by atoms with Crippen LogP contribution >= 0.6 is 0 Å². The van der Waals surface area contributed by atoms with Crippen LogP contribution in [0.2, 0.25) is 0 Å². The number of pyridine rings is 1. The largest absolute Gasteiger partial charge is 0.324 e. The van der Waals surface area contributed by atoms with Crippen LogP contribution in [0.3, 0.4) is 0 Å². The van der Waals surface area contributed by atoms with E-state index in [4.69, 9.17) is 0 Å². The van der Waals surface area contributed by atoms with E-state index >= 15 is 0 Å². The average molecular weight is 222 g/mol. The van der Waals surface area contributed by atoms with E-state index in [0.717, 1.165) is 6.04 Å². The Labute approximate surface area is 98.1 Å². The summed E-state index contributed by atoms with van der Waals surface area (Å²) in [5.74, 6) is 0. The molecule has 1 fully saturated rings. The van der Waals surface area contributed by atoms with E-state index in [9.17, 15) is 0 Å². The quantitative estimate of drug-likeness (QED) is 0.602. The highest BCUT2D eigenvalue weighted by molar-refractivity contribution is 5.02. The van der Waals surface area contributed by atoms with Gasteiger partial charge in [0, 0.05) is 6.07 Å². The molecule has 0 radical (unpaired) electrons. The predicted octanol–water partition coefficient (Wildman–Crippen LogP) is -1.81. The van der Waals surface area contributed by atoms with Crippen LogP contribution in [0.1, 0.15) is 19.4 Å². The molecule has 0 unspecified atom stereocenters. The van der Waals surface area contributed by atoms with Crippen molar-refractivity contribution in [1.29, 1.82) is 0 Å². The third-order valence-corrected chi connectivity index (χ3v) is 3.64. The van der Waals surface area contributed by atoms with Crippen molar-refractivity contribution in [1.82, 2.24) is 0 Å². The Balaban J connectivity index is 1.82. The zero-order chi connectivity index (χ0) is 11.4. The van der Waals surface area contributed by atoms with Crippen LogP contribution in [0.15, 0.2) is 24.5 Å². The summed E-state index contributed by atoms with van der Waals surface area (Å²) in [6.07, 6.45) is 4.09. The molecular formula is C13H24N3+3. The van der Waals surface area contributed by atoms with Crippen molar-refractivity contribution >= 4 is 0 Å². The lowest BCUT2D eigenvalue weighted by atomic mass is 10.2. The second-order valence-corrected chi connectivity index (χ2v) is 5.15. The Bertz CT molecular complexity index is 302. The minimum absolute atomic E-state index is 0.784. The Morgan fingerprint density at radius 3 is 2.56 bits per heavy atom. The lowest BCUT2D eigenvalue weighted by Gasteiger charge is -2.31. The molecule has 88 valence electrons. The number of rotatable bonds is 3. The molecule has 0 aromatic carbocycles. The van der Waals surface area contributed by atoms with Crippen molar-refractivity contribution in [3.63, 3.8) is 0 Å². The third kappa shape index (κ3) is 3.03. The molecule has 3 heteroatoms. The molecule has 0 saturated carbocycles. The molecule has 1 aliphatic heterocycles. The summed E-state index contributed by atoms with van der Waals surface area (Å²) >= 11 is 0. The number of H-pyrrole nitrogens is 1. The van der Waals surface area contributed by atoms with Crippen LogP contribution in [0.4, 0.5) is 0 Å². The monoisotopic (exact) mass is 222 g/mol. The van der Waals surface area contributed by atoms with Crippen LogP contribution < -0.4 is 14.8 Å². The third-order valence-electron chi connectivity index (χ3n) is 3.64. The van der Waals surface area contributed by atoms with Gasteiger partial charge in [-0.1, -0.05) is 0 Å². The number of hydrogen-bond donors (Lipinski definition) is 2. The molecule has 0 atom stereocenters. The highest BCUT2D eigenvalue weighted by Crippen LogP contribution is 1.89. The highest BCUT2D eigenvalue weighted by Gasteiger charge is 2.24. The standard InChI is InChI=1S/C13H21N3/c1-12(2)16-8-6-15(7-9-16)11-13-4-3-5-14-10-13/h3-5,10,12H,6-9,11H2,1-2H3/p+3. The molecule has 0 bridgehead atoms. The smallest absolute Gasteiger partial charge is 0.175 e. The molecule has 1 saturated heterocycles. The molecule has 16 heavy (non-hydrogen) atoms. The van der Waals surface area contributed by atoms with Crippen molar-refractivity contribution in [3.8, 4) is 0 Å². The Kier molecular flexibility index (Phi) is 3.91. The molecular weight excluding hydrogens is 198 g/mol. The first-order valence-corrected chi connectivity index (χ1v) is 6.39. The topological polar surface area (TPSA) is 23.0 Å². The van der Waals surface area contributed by atoms with Gasteiger partial charge in [0.2, 0.25) is 0 Å². The number of aromatic nitrogens is 1. The summed E-state index contributed by atoms with van der Waals surface area (Å²) in [5, 5.41) is 0. The summed E-state index contributed by atoms with van der Waals surface area (Å²) in [5.41, 5.74) is 1.42. The van der Waals surface area contributed by atoms with Crippen molar-refractivity contribution in [2.45, 2.75) is 26.4 Å². The number of hydrogen-bond acceptors (Lipinski definition) is 0. The summed E-state index contributed by atoms with van der Waals surface area (Å²) in [6, 6.07) is 5.09. The molecule has 0 aliphatic carbocycles. The second kappa shape index (κ2) is 5.41. The fourth-order valence-electron chi connectivity index (χ4n) is 2.51. The van der Waals surface area contributed by atoms with E-state index in [1.54, 1.807) is 9.80 Å². The molecule has 1 aliphatic rings. The predicted molar refractivity (Wildman–Crippen MR) is 63.2 cm³/mol. The zero-order valence-corrected chi connectivity index (χ0v) is 10.4. The summed E-state index contributed by atoms with van der Waals surface area (Å²) < 4.78 is 0. The summed E-state index contributed by atoms with van der Waals surface area (Å²) in [4.78, 5) is 6.65. The summed E-state index contributed by atoms with van der Waals surface area (Å²) in [6.45, 7) is 11.1. The molecule has 1 aromatic heterocycles. The second-order valence-electron chi connectivity index (χ2n) is 5.15. The molecule has 1 aromatic rings. The number of nitrogens with one attached hydrogen (secondary N) is 3. The zero-order valence-electron chi connectivity index (χ0n) is 10.4. The number of piperazine rings is 1. The van der Waals surface area contributed by atoms with E-state index < -0.39 is 0 Å². The minimum atomic E-state index is 0.784. The Morgan fingerprint density at radius 1 is 1.25 bits per heavy atom. The lowest BCUT2D eigenvalue weighted by molar-refractivity contribution is -1.03. The van der Waals surface area contributed by atoms with Crippen LogP contribution in [-0.2, 0) is 6.54 Å². The summed E-state index contributed by atoms with van der Waals surface area (Å²) in [7, 11) is 0. The highest BCUT2D eigenvalue weighted by atomic mass is 15.3. The van der Waals surface area contributed by atoms with Gasteiger partial charge in [0.05, 0.1) is 11.6 Å². The van der Waals surface area contributed by atoms with E-state index in [1.165, 1.54) is 38.3 Å². The van der Waals surface area contributed by atoms with E-state index in [2.05, 4.69) is 37.2 Å². The van der Waals surface area contributed by atoms with Gasteiger partial charge in [0.15, 0.2) is 12.4 Å². The van der Waals surface area contributed by atoms with Crippen molar-refractivity contribution in [3.05, 3.63) is 30.1 Å². The Hall–Kier alpha value is -0.930. The minimum Gasteiger partial charge on any atom is -0.324 e. The maximum atomic E-state index is 3.16. The first kappa shape index (κ1) is 11.6. The normalized spacial score (nSPS) is 25.9. The fourth-order valence-corrected chi connectivity index (χ4v) is 2.51. The van der Waals surface area contributed by atoms with Crippen LogP contribution in [0.5, 0.6) is 0 Å². The first-order chi connectivity index (χ1) is 7.75. The lowest BCUT2D eigenvalue weighted by Crippen LogP contribution is -3.28. The number of quaternary nitrogens is 2. The van der Waals surface area contributed by atoms with Crippen molar-refractivity contribution < 1.29 is 14.8 Å². The molecule has 0 spiro atoms. The van der Waals surface area contributed by atoms with E-state index in [0.29, 0.717) is 0 Å².